The Bertz CT molecular complexity index is 378. The first-order valence-electron chi connectivity index (χ1n) is 5.42. The van der Waals surface area contributed by atoms with Crippen LogP contribution >= 0.6 is 15.9 Å². The molecule has 1 rings (SSSR count). The summed E-state index contributed by atoms with van der Waals surface area (Å²) >= 11 is 3.37. The number of hydrogen-bond acceptors (Lipinski definition) is 1. The topological polar surface area (TPSA) is 29.1 Å². The number of rotatable bonds is 5. The third-order valence-corrected chi connectivity index (χ3v) is 3.06. The van der Waals surface area contributed by atoms with E-state index in [1.807, 2.05) is 6.92 Å². The molecule has 1 amide bonds. The number of carbonyl (C=O) groups excluding carboxylic acids is 1. The standard InChI is InChI=1S/C12H14BrF2NO/c1-2-4-8(13)7-16-12(17)11-9(14)5-3-6-10(11)15/h3,5-6,8H,2,4,7H2,1H3,(H,16,17). The van der Waals surface area contributed by atoms with Gasteiger partial charge < -0.3 is 5.32 Å². The summed E-state index contributed by atoms with van der Waals surface area (Å²) in [5, 5.41) is 2.50. The maximum atomic E-state index is 13.3. The number of hydrogen-bond donors (Lipinski definition) is 1. The zero-order valence-electron chi connectivity index (χ0n) is 9.47. The molecule has 0 radical (unpaired) electrons. The van der Waals surface area contributed by atoms with E-state index in [4.69, 9.17) is 0 Å². The van der Waals surface area contributed by atoms with Gasteiger partial charge in [-0.2, -0.15) is 0 Å². The predicted molar refractivity (Wildman–Crippen MR) is 66.3 cm³/mol. The van der Waals surface area contributed by atoms with Crippen molar-refractivity contribution >= 4 is 21.8 Å². The first-order valence-corrected chi connectivity index (χ1v) is 6.34. The normalized spacial score (nSPS) is 12.2. The first kappa shape index (κ1) is 14.1. The lowest BCUT2D eigenvalue weighted by atomic mass is 10.2. The second-order valence-corrected chi connectivity index (χ2v) is 4.99. The van der Waals surface area contributed by atoms with Crippen molar-refractivity contribution in [1.29, 1.82) is 0 Å². The number of benzene rings is 1. The van der Waals surface area contributed by atoms with E-state index in [0.29, 0.717) is 6.54 Å². The van der Waals surface area contributed by atoms with Gasteiger partial charge in [-0.25, -0.2) is 8.78 Å². The minimum atomic E-state index is -0.843. The van der Waals surface area contributed by atoms with Gasteiger partial charge >= 0.3 is 0 Å². The van der Waals surface area contributed by atoms with Gasteiger partial charge in [0.2, 0.25) is 0 Å². The molecule has 0 aliphatic carbocycles. The molecule has 17 heavy (non-hydrogen) atoms. The van der Waals surface area contributed by atoms with Gasteiger partial charge in [-0.15, -0.1) is 0 Å². The highest BCUT2D eigenvalue weighted by Gasteiger charge is 2.17. The van der Waals surface area contributed by atoms with Crippen LogP contribution in [-0.4, -0.2) is 17.3 Å². The van der Waals surface area contributed by atoms with Gasteiger partial charge in [0.25, 0.3) is 5.91 Å². The molecule has 0 aromatic heterocycles. The van der Waals surface area contributed by atoms with Gasteiger partial charge in [-0.05, 0) is 18.6 Å². The van der Waals surface area contributed by atoms with Crippen molar-refractivity contribution in [3.05, 3.63) is 35.4 Å². The Balaban J connectivity index is 2.64. The summed E-state index contributed by atoms with van der Waals surface area (Å²) in [6, 6.07) is 3.36. The molecule has 1 atom stereocenters. The van der Waals surface area contributed by atoms with Crippen LogP contribution in [0.25, 0.3) is 0 Å². The Kier molecular flexibility index (Phi) is 5.55. The molecule has 0 bridgehead atoms. The van der Waals surface area contributed by atoms with Gasteiger partial charge in [0.1, 0.15) is 17.2 Å². The van der Waals surface area contributed by atoms with Gasteiger partial charge in [-0.1, -0.05) is 35.3 Å². The number of nitrogens with one attached hydrogen (secondary N) is 1. The van der Waals surface area contributed by atoms with E-state index in [1.165, 1.54) is 6.07 Å². The Morgan fingerprint density at radius 1 is 1.41 bits per heavy atom. The molecule has 1 N–H and O–H groups in total. The molecule has 0 aliphatic rings. The van der Waals surface area contributed by atoms with Crippen LogP contribution in [0.4, 0.5) is 8.78 Å². The molecule has 0 aliphatic heterocycles. The van der Waals surface area contributed by atoms with E-state index in [0.717, 1.165) is 25.0 Å². The van der Waals surface area contributed by atoms with Gasteiger partial charge in [0, 0.05) is 11.4 Å². The van der Waals surface area contributed by atoms with Crippen LogP contribution in [0.2, 0.25) is 0 Å². The minimum Gasteiger partial charge on any atom is -0.351 e. The maximum absolute atomic E-state index is 13.3. The fraction of sp³-hybridized carbons (Fsp3) is 0.417. The minimum absolute atomic E-state index is 0.117. The van der Waals surface area contributed by atoms with Crippen LogP contribution < -0.4 is 5.32 Å². The summed E-state index contributed by atoms with van der Waals surface area (Å²) in [5.41, 5.74) is -0.524. The van der Waals surface area contributed by atoms with E-state index >= 15 is 0 Å². The predicted octanol–water partition coefficient (Wildman–Crippen LogP) is 3.26. The summed E-state index contributed by atoms with van der Waals surface area (Å²) in [5.74, 6) is -2.41. The molecule has 94 valence electrons. The largest absolute Gasteiger partial charge is 0.351 e. The lowest BCUT2D eigenvalue weighted by Crippen LogP contribution is -2.30. The lowest BCUT2D eigenvalue weighted by Gasteiger charge is -2.10. The highest BCUT2D eigenvalue weighted by atomic mass is 79.9. The van der Waals surface area contributed by atoms with E-state index < -0.39 is 23.1 Å². The molecule has 0 heterocycles. The second-order valence-electron chi connectivity index (χ2n) is 3.69. The fourth-order valence-corrected chi connectivity index (χ4v) is 2.04. The molecule has 2 nitrogen and oxygen atoms in total. The monoisotopic (exact) mass is 305 g/mol. The summed E-state index contributed by atoms with van der Waals surface area (Å²) in [4.78, 5) is 11.7. The SMILES string of the molecule is CCCC(Br)CNC(=O)c1c(F)cccc1F. The number of alkyl halides is 1. The molecule has 0 saturated carbocycles. The van der Waals surface area contributed by atoms with Crippen molar-refractivity contribution in [2.45, 2.75) is 24.6 Å². The third kappa shape index (κ3) is 4.07. The Morgan fingerprint density at radius 2 is 2.00 bits per heavy atom. The molecular weight excluding hydrogens is 292 g/mol. The average molecular weight is 306 g/mol. The van der Waals surface area contributed by atoms with Crippen molar-refractivity contribution in [3.8, 4) is 0 Å². The Hall–Kier alpha value is -0.970. The zero-order chi connectivity index (χ0) is 12.8. The first-order chi connectivity index (χ1) is 8.06. The molecular formula is C12H14BrF2NO. The highest BCUT2D eigenvalue weighted by Crippen LogP contribution is 2.12. The molecule has 0 spiro atoms. The van der Waals surface area contributed by atoms with Crippen LogP contribution in [-0.2, 0) is 0 Å². The second kappa shape index (κ2) is 6.69. The molecule has 0 saturated heterocycles. The molecule has 0 fully saturated rings. The van der Waals surface area contributed by atoms with E-state index in [-0.39, 0.29) is 4.83 Å². The van der Waals surface area contributed by atoms with E-state index in [1.54, 1.807) is 0 Å². The number of carbonyl (C=O) groups is 1. The van der Waals surface area contributed by atoms with Crippen molar-refractivity contribution in [3.63, 3.8) is 0 Å². The summed E-state index contributed by atoms with van der Waals surface area (Å²) in [7, 11) is 0. The third-order valence-electron chi connectivity index (χ3n) is 2.28. The Morgan fingerprint density at radius 3 is 2.53 bits per heavy atom. The van der Waals surface area contributed by atoms with Gasteiger partial charge in [-0.3, -0.25) is 4.79 Å². The van der Waals surface area contributed by atoms with Crippen LogP contribution in [0.5, 0.6) is 0 Å². The van der Waals surface area contributed by atoms with E-state index in [9.17, 15) is 13.6 Å². The molecule has 1 unspecified atom stereocenters. The van der Waals surface area contributed by atoms with Crippen LogP contribution in [0.1, 0.15) is 30.1 Å². The summed E-state index contributed by atoms with van der Waals surface area (Å²) in [6.07, 6.45) is 1.86. The van der Waals surface area contributed by atoms with Crippen molar-refractivity contribution in [2.75, 3.05) is 6.54 Å². The molecule has 1 aromatic carbocycles. The van der Waals surface area contributed by atoms with Crippen LogP contribution in [0.15, 0.2) is 18.2 Å². The maximum Gasteiger partial charge on any atom is 0.257 e. The van der Waals surface area contributed by atoms with Crippen molar-refractivity contribution < 1.29 is 13.6 Å². The molecule has 1 aromatic rings. The zero-order valence-corrected chi connectivity index (χ0v) is 11.1. The van der Waals surface area contributed by atoms with Crippen LogP contribution in [0.3, 0.4) is 0 Å². The summed E-state index contributed by atoms with van der Waals surface area (Å²) in [6.45, 7) is 2.37. The fourth-order valence-electron chi connectivity index (χ4n) is 1.42. The quantitative estimate of drug-likeness (QED) is 0.831. The molecule has 5 heteroatoms. The Labute approximate surface area is 108 Å². The van der Waals surface area contributed by atoms with Crippen LogP contribution in [0, 0.1) is 11.6 Å². The van der Waals surface area contributed by atoms with Crippen molar-refractivity contribution in [1.82, 2.24) is 5.32 Å². The van der Waals surface area contributed by atoms with Gasteiger partial charge in [0.15, 0.2) is 0 Å². The van der Waals surface area contributed by atoms with E-state index in [2.05, 4.69) is 21.2 Å². The number of halogens is 3. The highest BCUT2D eigenvalue weighted by molar-refractivity contribution is 9.09. The van der Waals surface area contributed by atoms with Crippen molar-refractivity contribution in [2.24, 2.45) is 0 Å². The number of amides is 1. The smallest absolute Gasteiger partial charge is 0.257 e. The summed E-state index contributed by atoms with van der Waals surface area (Å²) < 4.78 is 26.5. The lowest BCUT2D eigenvalue weighted by molar-refractivity contribution is 0.0945. The average Bonchev–Trinajstić information content (AvgIpc) is 2.26. The van der Waals surface area contributed by atoms with Gasteiger partial charge in [0.05, 0.1) is 0 Å².